The lowest BCUT2D eigenvalue weighted by Gasteiger charge is -2.35. The quantitative estimate of drug-likeness (QED) is 0.533. The molecular formula is C10H12N4O4. The van der Waals surface area contributed by atoms with Crippen molar-refractivity contribution in [3.8, 4) is 0 Å². The second-order valence-electron chi connectivity index (χ2n) is 5.03. The minimum absolute atomic E-state index is 0.144. The minimum atomic E-state index is -0.524. The monoisotopic (exact) mass is 252 g/mol. The first-order chi connectivity index (χ1) is 8.50. The molecule has 5 rings (SSSR count). The van der Waals surface area contributed by atoms with E-state index >= 15 is 0 Å². The molecule has 5 heterocycles. The van der Waals surface area contributed by atoms with Gasteiger partial charge in [-0.25, -0.2) is 28.5 Å². The van der Waals surface area contributed by atoms with Gasteiger partial charge in [0.2, 0.25) is 5.90 Å². The van der Waals surface area contributed by atoms with Gasteiger partial charge in [0.15, 0.2) is 12.2 Å². The molecule has 96 valence electrons. The Kier molecular flexibility index (Phi) is 1.47. The topological polar surface area (TPSA) is 83.1 Å². The number of methoxy groups -OCH3 is 1. The van der Waals surface area contributed by atoms with Gasteiger partial charge in [0.05, 0.1) is 7.11 Å². The Bertz CT molecular complexity index is 710. The first-order valence-electron chi connectivity index (χ1n) is 5.70. The number of nitrogens with zero attached hydrogens (tertiary/aromatic N) is 4. The average molecular weight is 252 g/mol. The zero-order chi connectivity index (χ0) is 12.8. The van der Waals surface area contributed by atoms with Gasteiger partial charge in [-0.05, 0) is 6.92 Å². The standard InChI is InChI=1S/C10H12N4O4/c1-10-5(18-10)4-6(17-3)11-7(10)14-9(16)12(2)8(15)13(4)14/h4-5,7H,1-3H3. The number of hydrogen-bond donors (Lipinski definition) is 0. The molecule has 4 aliphatic rings. The number of rotatable bonds is 0. The van der Waals surface area contributed by atoms with Crippen LogP contribution in [0.1, 0.15) is 19.1 Å². The van der Waals surface area contributed by atoms with Crippen LogP contribution in [-0.2, 0) is 16.5 Å². The van der Waals surface area contributed by atoms with E-state index in [0.717, 1.165) is 4.57 Å². The summed E-state index contributed by atoms with van der Waals surface area (Å²) in [6.45, 7) is 1.90. The van der Waals surface area contributed by atoms with E-state index in [9.17, 15) is 9.59 Å². The summed E-state index contributed by atoms with van der Waals surface area (Å²) in [6, 6.07) is -0.439. The molecule has 0 radical (unpaired) electrons. The lowest BCUT2D eigenvalue weighted by Crippen LogP contribution is -2.52. The van der Waals surface area contributed by atoms with Crippen LogP contribution in [0.25, 0.3) is 0 Å². The van der Waals surface area contributed by atoms with Crippen molar-refractivity contribution in [3.63, 3.8) is 0 Å². The number of aliphatic imine (C=N–C) groups is 1. The number of aromatic nitrogens is 3. The van der Waals surface area contributed by atoms with Crippen molar-refractivity contribution in [1.29, 1.82) is 0 Å². The van der Waals surface area contributed by atoms with E-state index in [1.54, 1.807) is 0 Å². The van der Waals surface area contributed by atoms with Crippen molar-refractivity contribution in [2.75, 3.05) is 7.11 Å². The normalized spacial score (nSPS) is 39.1. The molecule has 1 aromatic heterocycles. The summed E-state index contributed by atoms with van der Waals surface area (Å²) >= 11 is 0. The molecule has 1 fully saturated rings. The molecule has 8 heteroatoms. The van der Waals surface area contributed by atoms with Crippen molar-refractivity contribution in [1.82, 2.24) is 13.9 Å². The summed E-state index contributed by atoms with van der Waals surface area (Å²) in [5, 5.41) is 0. The zero-order valence-electron chi connectivity index (χ0n) is 10.2. The highest BCUT2D eigenvalue weighted by Crippen LogP contribution is 2.56. The van der Waals surface area contributed by atoms with Crippen LogP contribution < -0.4 is 11.4 Å². The third-order valence-electron chi connectivity index (χ3n) is 4.09. The van der Waals surface area contributed by atoms with Gasteiger partial charge in [-0.1, -0.05) is 0 Å². The Morgan fingerprint density at radius 2 is 2.00 bits per heavy atom. The van der Waals surface area contributed by atoms with E-state index in [-0.39, 0.29) is 17.5 Å². The molecule has 2 bridgehead atoms. The van der Waals surface area contributed by atoms with E-state index in [2.05, 4.69) is 4.99 Å². The van der Waals surface area contributed by atoms with Crippen LogP contribution in [0.15, 0.2) is 14.6 Å². The maximum Gasteiger partial charge on any atom is 0.349 e. The average Bonchev–Trinajstić information content (AvgIpc) is 3.03. The van der Waals surface area contributed by atoms with E-state index in [0.29, 0.717) is 5.90 Å². The Morgan fingerprint density at radius 1 is 1.33 bits per heavy atom. The maximum absolute atomic E-state index is 12.1. The highest BCUT2D eigenvalue weighted by atomic mass is 16.6. The Morgan fingerprint density at radius 3 is 2.67 bits per heavy atom. The molecule has 4 atom stereocenters. The molecule has 4 unspecified atom stereocenters. The third-order valence-corrected chi connectivity index (χ3v) is 4.09. The molecule has 18 heavy (non-hydrogen) atoms. The second-order valence-corrected chi connectivity index (χ2v) is 5.03. The lowest BCUT2D eigenvalue weighted by molar-refractivity contribution is 0.180. The van der Waals surface area contributed by atoms with Crippen LogP contribution in [0.3, 0.4) is 0 Å². The smallest absolute Gasteiger partial charge is 0.349 e. The van der Waals surface area contributed by atoms with E-state index in [1.165, 1.54) is 23.5 Å². The predicted molar refractivity (Wildman–Crippen MR) is 59.7 cm³/mol. The molecule has 0 N–H and O–H groups in total. The fraction of sp³-hybridized carbons (Fsp3) is 0.700. The van der Waals surface area contributed by atoms with Crippen LogP contribution in [0, 0.1) is 0 Å². The molecule has 0 spiro atoms. The predicted octanol–water partition coefficient (Wildman–Crippen LogP) is -1.38. The number of ether oxygens (including phenoxy) is 2. The van der Waals surface area contributed by atoms with Gasteiger partial charge in [-0.3, -0.25) is 0 Å². The summed E-state index contributed by atoms with van der Waals surface area (Å²) in [5.74, 6) is 0.452. The fourth-order valence-electron chi connectivity index (χ4n) is 3.03. The summed E-state index contributed by atoms with van der Waals surface area (Å²) < 4.78 is 14.7. The molecule has 8 nitrogen and oxygen atoms in total. The Balaban J connectivity index is 2.09. The van der Waals surface area contributed by atoms with E-state index in [1.807, 2.05) is 6.92 Å². The molecule has 1 aromatic rings. The van der Waals surface area contributed by atoms with Crippen molar-refractivity contribution >= 4 is 5.90 Å². The summed E-state index contributed by atoms with van der Waals surface area (Å²) in [7, 11) is 2.97. The molecular weight excluding hydrogens is 240 g/mol. The maximum atomic E-state index is 12.1. The summed E-state index contributed by atoms with van der Waals surface area (Å²) in [4.78, 5) is 28.5. The largest absolute Gasteiger partial charge is 0.483 e. The Labute approximate surface area is 101 Å². The Hall–Kier alpha value is -1.83. The van der Waals surface area contributed by atoms with Crippen LogP contribution >= 0.6 is 0 Å². The van der Waals surface area contributed by atoms with Crippen LogP contribution in [0.2, 0.25) is 0 Å². The van der Waals surface area contributed by atoms with Gasteiger partial charge >= 0.3 is 11.4 Å². The van der Waals surface area contributed by atoms with Crippen LogP contribution in [0.5, 0.6) is 0 Å². The van der Waals surface area contributed by atoms with Crippen LogP contribution in [-0.4, -0.2) is 38.6 Å². The fourth-order valence-corrected chi connectivity index (χ4v) is 3.03. The summed E-state index contributed by atoms with van der Waals surface area (Å²) in [6.07, 6.45) is -0.668. The van der Waals surface area contributed by atoms with E-state index < -0.39 is 17.8 Å². The highest BCUT2D eigenvalue weighted by Gasteiger charge is 2.71. The minimum Gasteiger partial charge on any atom is -0.483 e. The highest BCUT2D eigenvalue weighted by molar-refractivity contribution is 5.83. The van der Waals surface area contributed by atoms with Crippen LogP contribution in [0.4, 0.5) is 0 Å². The van der Waals surface area contributed by atoms with Gasteiger partial charge < -0.3 is 9.47 Å². The first-order valence-corrected chi connectivity index (χ1v) is 5.70. The van der Waals surface area contributed by atoms with Gasteiger partial charge in [-0.15, -0.1) is 0 Å². The number of epoxide rings is 1. The molecule has 0 saturated carbocycles. The third kappa shape index (κ3) is 0.807. The van der Waals surface area contributed by atoms with Crippen molar-refractivity contribution < 1.29 is 9.47 Å². The van der Waals surface area contributed by atoms with Gasteiger partial charge in [0, 0.05) is 7.05 Å². The second kappa shape index (κ2) is 2.61. The van der Waals surface area contributed by atoms with Crippen molar-refractivity contribution in [2.24, 2.45) is 12.0 Å². The van der Waals surface area contributed by atoms with Gasteiger partial charge in [-0.2, -0.15) is 0 Å². The molecule has 0 amide bonds. The van der Waals surface area contributed by atoms with Crippen molar-refractivity contribution in [3.05, 3.63) is 21.0 Å². The molecule has 0 aromatic carbocycles. The number of hydrogen-bond acceptors (Lipinski definition) is 5. The zero-order valence-corrected chi connectivity index (χ0v) is 10.2. The molecule has 4 aliphatic heterocycles. The lowest BCUT2D eigenvalue weighted by atomic mass is 9.93. The van der Waals surface area contributed by atoms with Gasteiger partial charge in [0.25, 0.3) is 0 Å². The van der Waals surface area contributed by atoms with Gasteiger partial charge in [0.1, 0.15) is 11.7 Å². The molecule has 1 saturated heterocycles. The summed E-state index contributed by atoms with van der Waals surface area (Å²) in [5.41, 5.74) is -1.23. The SMILES string of the molecule is COC1=NC2n3c(=O)n(C)c(=O)n3C1C1OC12C. The van der Waals surface area contributed by atoms with E-state index in [4.69, 9.17) is 9.47 Å². The molecule has 0 aliphatic carbocycles. The first kappa shape index (κ1) is 10.1. The van der Waals surface area contributed by atoms with Crippen molar-refractivity contribution in [2.45, 2.75) is 30.8 Å².